The lowest BCUT2D eigenvalue weighted by Crippen LogP contribution is -2.13. The van der Waals surface area contributed by atoms with Crippen LogP contribution in [0.25, 0.3) is 0 Å². The average Bonchev–Trinajstić information content (AvgIpc) is 2.19. The van der Waals surface area contributed by atoms with Crippen LogP contribution in [-0.2, 0) is 12.8 Å². The Bertz CT molecular complexity index is 346. The molecular formula is C13H18IN. The highest BCUT2D eigenvalue weighted by molar-refractivity contribution is 14.1. The van der Waals surface area contributed by atoms with E-state index < -0.39 is 0 Å². The Balaban J connectivity index is 2.35. The van der Waals surface area contributed by atoms with Gasteiger partial charge in [0.25, 0.3) is 0 Å². The Morgan fingerprint density at radius 2 is 2.40 bits per heavy atom. The van der Waals surface area contributed by atoms with Gasteiger partial charge in [-0.25, -0.2) is 0 Å². The maximum absolute atomic E-state index is 4.57. The summed E-state index contributed by atoms with van der Waals surface area (Å²) in [5.41, 5.74) is 4.46. The van der Waals surface area contributed by atoms with E-state index in [0.29, 0.717) is 9.84 Å². The normalized spacial score (nSPS) is 22.2. The second-order valence-corrected chi connectivity index (χ2v) is 6.74. The third-order valence-electron chi connectivity index (χ3n) is 3.22. The number of aromatic nitrogens is 1. The maximum Gasteiger partial charge on any atom is 0.0466 e. The van der Waals surface area contributed by atoms with E-state index in [1.54, 1.807) is 5.56 Å². The van der Waals surface area contributed by atoms with Gasteiger partial charge in [-0.1, -0.05) is 36.4 Å². The van der Waals surface area contributed by atoms with E-state index in [1.165, 1.54) is 36.9 Å². The first kappa shape index (κ1) is 11.4. The van der Waals surface area contributed by atoms with Crippen LogP contribution >= 0.6 is 22.6 Å². The molecule has 0 radical (unpaired) electrons. The van der Waals surface area contributed by atoms with Crippen molar-refractivity contribution >= 4 is 22.6 Å². The fourth-order valence-corrected chi connectivity index (χ4v) is 2.95. The molecule has 1 aromatic heterocycles. The van der Waals surface area contributed by atoms with Gasteiger partial charge in [0.2, 0.25) is 0 Å². The van der Waals surface area contributed by atoms with Crippen molar-refractivity contribution < 1.29 is 0 Å². The Morgan fingerprint density at radius 1 is 1.60 bits per heavy atom. The smallest absolute Gasteiger partial charge is 0.0466 e. The Labute approximate surface area is 106 Å². The molecule has 0 N–H and O–H groups in total. The number of fused-ring (bicyclic) bond motifs is 1. The van der Waals surface area contributed by atoms with Crippen LogP contribution in [0.15, 0.2) is 12.3 Å². The fraction of sp³-hybridized carbons (Fsp3) is 0.615. The Morgan fingerprint density at radius 3 is 3.13 bits per heavy atom. The summed E-state index contributed by atoms with van der Waals surface area (Å²) in [6.45, 7) is 4.59. The van der Waals surface area contributed by atoms with Gasteiger partial charge in [-0.3, -0.25) is 4.98 Å². The fourth-order valence-electron chi connectivity index (χ4n) is 2.48. The molecule has 0 aliphatic heterocycles. The summed E-state index contributed by atoms with van der Waals surface area (Å²) in [5, 5.41) is 0. The minimum atomic E-state index is 0.665. The van der Waals surface area contributed by atoms with Crippen molar-refractivity contribution in [3.8, 4) is 0 Å². The van der Waals surface area contributed by atoms with Crippen LogP contribution < -0.4 is 0 Å². The van der Waals surface area contributed by atoms with E-state index in [1.807, 2.05) is 6.20 Å². The van der Waals surface area contributed by atoms with Crippen LogP contribution in [0.5, 0.6) is 0 Å². The standard InChI is InChI=1S/C13H18IN/c1-9-4-3-5-12-11(8-10(2)14)6-7-15-13(9)12/h6-7,9-10H,3-5,8H2,1-2H3. The minimum Gasteiger partial charge on any atom is -0.261 e. The molecule has 1 nitrogen and oxygen atoms in total. The van der Waals surface area contributed by atoms with E-state index in [-0.39, 0.29) is 0 Å². The Kier molecular flexibility index (Phi) is 3.65. The van der Waals surface area contributed by atoms with Gasteiger partial charge in [-0.05, 0) is 48.8 Å². The molecule has 1 aliphatic carbocycles. The van der Waals surface area contributed by atoms with Gasteiger partial charge in [0.15, 0.2) is 0 Å². The van der Waals surface area contributed by atoms with E-state index in [0.717, 1.165) is 0 Å². The number of alkyl halides is 1. The van der Waals surface area contributed by atoms with Crippen molar-refractivity contribution in [2.75, 3.05) is 0 Å². The van der Waals surface area contributed by atoms with Crippen LogP contribution in [-0.4, -0.2) is 8.91 Å². The summed E-state index contributed by atoms with van der Waals surface area (Å²) in [7, 11) is 0. The topological polar surface area (TPSA) is 12.9 Å². The first-order valence-electron chi connectivity index (χ1n) is 5.79. The van der Waals surface area contributed by atoms with Crippen LogP contribution in [0.2, 0.25) is 0 Å². The molecule has 0 aromatic carbocycles. The molecule has 0 fully saturated rings. The zero-order valence-corrected chi connectivity index (χ0v) is 11.6. The summed E-state index contributed by atoms with van der Waals surface area (Å²) >= 11 is 2.51. The molecule has 1 aromatic rings. The average molecular weight is 315 g/mol. The van der Waals surface area contributed by atoms with Crippen LogP contribution in [0.1, 0.15) is 49.4 Å². The molecule has 0 bridgehead atoms. The van der Waals surface area contributed by atoms with Gasteiger partial charge in [0.05, 0.1) is 0 Å². The van der Waals surface area contributed by atoms with E-state index in [2.05, 4.69) is 47.5 Å². The molecule has 1 aliphatic rings. The maximum atomic E-state index is 4.57. The lowest BCUT2D eigenvalue weighted by atomic mass is 9.85. The van der Waals surface area contributed by atoms with Gasteiger partial charge in [0.1, 0.15) is 0 Å². The van der Waals surface area contributed by atoms with Crippen LogP contribution in [0, 0.1) is 0 Å². The SMILES string of the molecule is CC(I)Cc1ccnc2c1CCCC2C. The van der Waals surface area contributed by atoms with Gasteiger partial charge in [0, 0.05) is 15.8 Å². The summed E-state index contributed by atoms with van der Waals surface area (Å²) in [6.07, 6.45) is 7.07. The molecular weight excluding hydrogens is 297 g/mol. The molecule has 2 atom stereocenters. The van der Waals surface area contributed by atoms with Gasteiger partial charge in [-0.2, -0.15) is 0 Å². The molecule has 0 amide bonds. The van der Waals surface area contributed by atoms with E-state index >= 15 is 0 Å². The molecule has 2 unspecified atom stereocenters. The highest BCUT2D eigenvalue weighted by Crippen LogP contribution is 2.32. The summed E-state index contributed by atoms with van der Waals surface area (Å²) < 4.78 is 0.714. The van der Waals surface area contributed by atoms with Crippen molar-refractivity contribution in [3.63, 3.8) is 0 Å². The lowest BCUT2D eigenvalue weighted by Gasteiger charge is -2.23. The Hall–Kier alpha value is -0.120. The third kappa shape index (κ3) is 2.52. The number of hydrogen-bond acceptors (Lipinski definition) is 1. The van der Waals surface area contributed by atoms with Gasteiger partial charge >= 0.3 is 0 Å². The zero-order valence-electron chi connectivity index (χ0n) is 9.46. The van der Waals surface area contributed by atoms with Crippen molar-refractivity contribution in [3.05, 3.63) is 29.1 Å². The van der Waals surface area contributed by atoms with E-state index in [4.69, 9.17) is 0 Å². The second-order valence-electron chi connectivity index (χ2n) is 4.61. The number of pyridine rings is 1. The highest BCUT2D eigenvalue weighted by Gasteiger charge is 2.20. The predicted molar refractivity (Wildman–Crippen MR) is 72.8 cm³/mol. The van der Waals surface area contributed by atoms with Crippen molar-refractivity contribution in [2.24, 2.45) is 0 Å². The first-order valence-corrected chi connectivity index (χ1v) is 7.03. The largest absolute Gasteiger partial charge is 0.261 e. The first-order chi connectivity index (χ1) is 7.18. The quantitative estimate of drug-likeness (QED) is 0.596. The van der Waals surface area contributed by atoms with Gasteiger partial charge in [-0.15, -0.1) is 0 Å². The lowest BCUT2D eigenvalue weighted by molar-refractivity contribution is 0.569. The van der Waals surface area contributed by atoms with Gasteiger partial charge < -0.3 is 0 Å². The third-order valence-corrected chi connectivity index (χ3v) is 3.66. The number of nitrogens with zero attached hydrogens (tertiary/aromatic N) is 1. The molecule has 2 heteroatoms. The molecule has 82 valence electrons. The van der Waals surface area contributed by atoms with Crippen LogP contribution in [0.3, 0.4) is 0 Å². The molecule has 2 rings (SSSR count). The summed E-state index contributed by atoms with van der Waals surface area (Å²) in [4.78, 5) is 4.57. The van der Waals surface area contributed by atoms with Crippen LogP contribution in [0.4, 0.5) is 0 Å². The number of halogens is 1. The zero-order chi connectivity index (χ0) is 10.8. The molecule has 15 heavy (non-hydrogen) atoms. The minimum absolute atomic E-state index is 0.665. The van der Waals surface area contributed by atoms with Crippen molar-refractivity contribution in [1.82, 2.24) is 4.98 Å². The highest BCUT2D eigenvalue weighted by atomic mass is 127. The monoisotopic (exact) mass is 315 g/mol. The summed E-state index contributed by atoms with van der Waals surface area (Å²) in [6, 6.07) is 2.21. The van der Waals surface area contributed by atoms with E-state index in [9.17, 15) is 0 Å². The molecule has 0 spiro atoms. The number of rotatable bonds is 2. The molecule has 0 saturated heterocycles. The number of hydrogen-bond donors (Lipinski definition) is 0. The van der Waals surface area contributed by atoms with Crippen molar-refractivity contribution in [1.29, 1.82) is 0 Å². The second kappa shape index (κ2) is 4.81. The predicted octanol–water partition coefficient (Wildman–Crippen LogP) is 3.89. The van der Waals surface area contributed by atoms with Crippen molar-refractivity contribution in [2.45, 2.75) is 49.4 Å². The molecule has 0 saturated carbocycles. The summed E-state index contributed by atoms with van der Waals surface area (Å²) in [5.74, 6) is 0.665. The molecule has 1 heterocycles.